The van der Waals surface area contributed by atoms with E-state index in [2.05, 4.69) is 25.6 Å². The Morgan fingerprint density at radius 2 is 1.88 bits per heavy atom. The molecule has 3 aromatic heterocycles. The Morgan fingerprint density at radius 1 is 1.06 bits per heavy atom. The van der Waals surface area contributed by atoms with Gasteiger partial charge < -0.3 is 15.4 Å². The van der Waals surface area contributed by atoms with Gasteiger partial charge in [0.25, 0.3) is 5.91 Å². The van der Waals surface area contributed by atoms with E-state index in [0.29, 0.717) is 34.5 Å². The number of methoxy groups -OCH3 is 1. The van der Waals surface area contributed by atoms with Gasteiger partial charge in [-0.3, -0.25) is 14.8 Å². The van der Waals surface area contributed by atoms with Crippen LogP contribution in [-0.2, 0) is 4.79 Å². The fraction of sp³-hybridized carbons (Fsp3) is 0.125. The fourth-order valence-corrected chi connectivity index (χ4v) is 3.85. The average Bonchev–Trinajstić information content (AvgIpc) is 3.28. The fourth-order valence-electron chi connectivity index (χ4n) is 3.85. The molecular formula is C24H21N7O2. The Bertz CT molecular complexity index is 1330. The van der Waals surface area contributed by atoms with Crippen molar-refractivity contribution in [2.75, 3.05) is 17.7 Å². The van der Waals surface area contributed by atoms with Gasteiger partial charge in [-0.1, -0.05) is 12.1 Å². The third-order valence-electron chi connectivity index (χ3n) is 5.39. The number of amides is 1. The monoisotopic (exact) mass is 439 g/mol. The van der Waals surface area contributed by atoms with Crippen molar-refractivity contribution in [1.29, 1.82) is 0 Å². The van der Waals surface area contributed by atoms with Gasteiger partial charge in [-0.25, -0.2) is 4.68 Å². The Hall–Kier alpha value is -4.53. The molecular weight excluding hydrogens is 418 g/mol. The summed E-state index contributed by atoms with van der Waals surface area (Å²) in [6.07, 6.45) is 6.80. The number of hydrogen-bond donors (Lipinski definition) is 2. The van der Waals surface area contributed by atoms with Crippen LogP contribution in [-0.4, -0.2) is 37.7 Å². The van der Waals surface area contributed by atoms with Gasteiger partial charge in [0.2, 0.25) is 5.95 Å². The van der Waals surface area contributed by atoms with E-state index in [-0.39, 0.29) is 5.91 Å². The van der Waals surface area contributed by atoms with E-state index in [1.807, 2.05) is 43.3 Å². The van der Waals surface area contributed by atoms with Gasteiger partial charge in [-0.15, -0.1) is 5.10 Å². The summed E-state index contributed by atoms with van der Waals surface area (Å²) < 4.78 is 7.12. The normalized spacial score (nSPS) is 14.9. The maximum absolute atomic E-state index is 13.6. The van der Waals surface area contributed by atoms with Crippen molar-refractivity contribution in [2.45, 2.75) is 13.0 Å². The molecule has 5 rings (SSSR count). The highest BCUT2D eigenvalue weighted by Gasteiger charge is 2.34. The number of carbonyl (C=O) groups excluding carboxylic acids is 1. The lowest BCUT2D eigenvalue weighted by Crippen LogP contribution is -2.31. The topological polar surface area (TPSA) is 107 Å². The average molecular weight is 439 g/mol. The molecule has 9 heteroatoms. The summed E-state index contributed by atoms with van der Waals surface area (Å²) in [5.74, 6) is 1.37. The molecule has 0 spiro atoms. The number of para-hydroxylation sites is 2. The molecule has 0 saturated carbocycles. The van der Waals surface area contributed by atoms with Crippen LogP contribution in [0.4, 0.5) is 11.6 Å². The number of fused-ring (bicyclic) bond motifs is 1. The standard InChI is InChI=1S/C24H21N7O2/c1-15-20(23(32)28-18-7-3-4-8-19(18)33-2)21(16-9-12-25-13-10-16)31-24(27-15)29-22(30-31)17-6-5-11-26-14-17/h3-14,21H,1-2H3,(H,28,32)(H,27,29,30)/t21-/m0/s1. The number of benzene rings is 1. The highest BCUT2D eigenvalue weighted by molar-refractivity contribution is 6.06. The Balaban J connectivity index is 1.59. The molecule has 0 saturated heterocycles. The molecule has 1 atom stereocenters. The highest BCUT2D eigenvalue weighted by atomic mass is 16.5. The predicted molar refractivity (Wildman–Crippen MR) is 124 cm³/mol. The van der Waals surface area contributed by atoms with Crippen LogP contribution < -0.4 is 15.4 Å². The largest absolute Gasteiger partial charge is 0.495 e. The Kier molecular flexibility index (Phi) is 5.27. The van der Waals surface area contributed by atoms with Crippen LogP contribution in [0.3, 0.4) is 0 Å². The summed E-state index contributed by atoms with van der Waals surface area (Å²) in [4.78, 5) is 26.5. The minimum atomic E-state index is -0.503. The molecule has 1 aromatic carbocycles. The van der Waals surface area contributed by atoms with Crippen molar-refractivity contribution in [2.24, 2.45) is 0 Å². The maximum atomic E-state index is 13.6. The first-order valence-corrected chi connectivity index (χ1v) is 10.3. The summed E-state index contributed by atoms with van der Waals surface area (Å²) in [6.45, 7) is 1.85. The number of rotatable bonds is 5. The molecule has 0 unspecified atom stereocenters. The first-order chi connectivity index (χ1) is 16.2. The SMILES string of the molecule is COc1ccccc1NC(=O)C1=C(C)Nc2nc(-c3cccnc3)nn2[C@H]1c1ccncc1. The van der Waals surface area contributed by atoms with E-state index in [1.54, 1.807) is 48.7 Å². The quantitative estimate of drug-likeness (QED) is 0.489. The van der Waals surface area contributed by atoms with Crippen molar-refractivity contribution in [1.82, 2.24) is 24.7 Å². The minimum absolute atomic E-state index is 0.268. The number of pyridine rings is 2. The molecule has 9 nitrogen and oxygen atoms in total. The molecule has 4 aromatic rings. The van der Waals surface area contributed by atoms with Crippen LogP contribution >= 0.6 is 0 Å². The molecule has 0 fully saturated rings. The summed E-state index contributed by atoms with van der Waals surface area (Å²) in [6, 6.07) is 14.2. The lowest BCUT2D eigenvalue weighted by Gasteiger charge is -2.28. The van der Waals surface area contributed by atoms with Crippen LogP contribution in [0.15, 0.2) is 84.6 Å². The number of nitrogens with zero attached hydrogens (tertiary/aromatic N) is 5. The van der Waals surface area contributed by atoms with E-state index in [4.69, 9.17) is 9.84 Å². The molecule has 2 N–H and O–H groups in total. The zero-order valence-electron chi connectivity index (χ0n) is 18.1. The van der Waals surface area contributed by atoms with E-state index >= 15 is 0 Å². The number of aromatic nitrogens is 5. The van der Waals surface area contributed by atoms with Crippen molar-refractivity contribution in [3.05, 3.63) is 90.2 Å². The second kappa shape index (κ2) is 8.54. The molecule has 0 radical (unpaired) electrons. The van der Waals surface area contributed by atoms with Crippen LogP contribution in [0.25, 0.3) is 11.4 Å². The second-order valence-corrected chi connectivity index (χ2v) is 7.45. The van der Waals surface area contributed by atoms with Crippen LogP contribution in [0.2, 0.25) is 0 Å². The molecule has 1 aliphatic heterocycles. The first-order valence-electron chi connectivity index (χ1n) is 10.3. The maximum Gasteiger partial charge on any atom is 0.255 e. The number of anilines is 2. The number of ether oxygens (including phenoxy) is 1. The summed E-state index contributed by atoms with van der Waals surface area (Å²) in [5, 5.41) is 10.9. The summed E-state index contributed by atoms with van der Waals surface area (Å²) in [5.41, 5.74) is 3.43. The smallest absolute Gasteiger partial charge is 0.255 e. The van der Waals surface area contributed by atoms with Gasteiger partial charge in [0.05, 0.1) is 18.4 Å². The van der Waals surface area contributed by atoms with Crippen molar-refractivity contribution in [3.8, 4) is 17.1 Å². The van der Waals surface area contributed by atoms with Crippen molar-refractivity contribution < 1.29 is 9.53 Å². The third-order valence-corrected chi connectivity index (χ3v) is 5.39. The van der Waals surface area contributed by atoms with Crippen molar-refractivity contribution in [3.63, 3.8) is 0 Å². The van der Waals surface area contributed by atoms with Gasteiger partial charge in [0.15, 0.2) is 5.82 Å². The van der Waals surface area contributed by atoms with Gasteiger partial charge >= 0.3 is 0 Å². The Morgan fingerprint density at radius 3 is 2.64 bits per heavy atom. The number of allylic oxidation sites excluding steroid dienone is 1. The van der Waals surface area contributed by atoms with Crippen LogP contribution in [0.5, 0.6) is 5.75 Å². The number of carbonyl (C=O) groups is 1. The van der Waals surface area contributed by atoms with Gasteiger partial charge in [0.1, 0.15) is 11.8 Å². The molecule has 0 aliphatic carbocycles. The predicted octanol–water partition coefficient (Wildman–Crippen LogP) is 3.67. The second-order valence-electron chi connectivity index (χ2n) is 7.45. The van der Waals surface area contributed by atoms with E-state index in [9.17, 15) is 4.79 Å². The summed E-state index contributed by atoms with van der Waals surface area (Å²) in [7, 11) is 1.57. The third kappa shape index (κ3) is 3.80. The van der Waals surface area contributed by atoms with Gasteiger partial charge in [-0.05, 0) is 48.9 Å². The molecule has 1 aliphatic rings. The minimum Gasteiger partial charge on any atom is -0.495 e. The van der Waals surface area contributed by atoms with E-state index < -0.39 is 6.04 Å². The molecule has 1 amide bonds. The molecule has 164 valence electrons. The molecule has 0 bridgehead atoms. The molecule has 4 heterocycles. The summed E-state index contributed by atoms with van der Waals surface area (Å²) >= 11 is 0. The molecule has 33 heavy (non-hydrogen) atoms. The van der Waals surface area contributed by atoms with Crippen molar-refractivity contribution >= 4 is 17.5 Å². The highest BCUT2D eigenvalue weighted by Crippen LogP contribution is 2.37. The van der Waals surface area contributed by atoms with Gasteiger partial charge in [0, 0.05) is 36.0 Å². The first kappa shape index (κ1) is 20.4. The number of nitrogens with one attached hydrogen (secondary N) is 2. The number of hydrogen-bond acceptors (Lipinski definition) is 7. The van der Waals surface area contributed by atoms with Gasteiger partial charge in [-0.2, -0.15) is 4.98 Å². The van der Waals surface area contributed by atoms with Crippen LogP contribution in [0.1, 0.15) is 18.5 Å². The zero-order valence-corrected chi connectivity index (χ0v) is 18.1. The zero-order chi connectivity index (χ0) is 22.8. The van der Waals surface area contributed by atoms with E-state index in [1.165, 1.54) is 0 Å². The lowest BCUT2D eigenvalue weighted by atomic mass is 9.96. The van der Waals surface area contributed by atoms with Crippen LogP contribution in [0, 0.1) is 0 Å². The Labute approximate surface area is 190 Å². The lowest BCUT2D eigenvalue weighted by molar-refractivity contribution is -0.113. The van der Waals surface area contributed by atoms with E-state index in [0.717, 1.165) is 11.1 Å².